The molecule has 0 aliphatic rings. The number of ether oxygens (including phenoxy) is 2. The highest BCUT2D eigenvalue weighted by molar-refractivity contribution is 6.32. The van der Waals surface area contributed by atoms with E-state index < -0.39 is 35.1 Å². The molecule has 6 nitrogen and oxygen atoms in total. The summed E-state index contributed by atoms with van der Waals surface area (Å²) in [6.45, 7) is 0. The van der Waals surface area contributed by atoms with Crippen molar-refractivity contribution in [2.45, 2.75) is 6.18 Å². The molecular formula is C23H17ClF4N2O4. The third kappa shape index (κ3) is 5.57. The van der Waals surface area contributed by atoms with E-state index in [0.29, 0.717) is 6.07 Å². The first-order valence-corrected chi connectivity index (χ1v) is 9.92. The Morgan fingerprint density at radius 1 is 0.853 bits per heavy atom. The van der Waals surface area contributed by atoms with Crippen molar-refractivity contribution in [1.29, 1.82) is 0 Å². The fourth-order valence-corrected chi connectivity index (χ4v) is 3.30. The van der Waals surface area contributed by atoms with Crippen molar-refractivity contribution in [1.82, 2.24) is 0 Å². The molecule has 0 atom stereocenters. The maximum Gasteiger partial charge on any atom is 0.418 e. The lowest BCUT2D eigenvalue weighted by atomic mass is 10.1. The molecule has 11 heteroatoms. The van der Waals surface area contributed by atoms with E-state index in [4.69, 9.17) is 21.1 Å². The Kier molecular flexibility index (Phi) is 7.31. The van der Waals surface area contributed by atoms with Gasteiger partial charge < -0.3 is 20.1 Å². The minimum atomic E-state index is -4.85. The SMILES string of the molecule is COc1cc(C(=O)Nc2ccc(NC(=O)c3ccc(F)cc3)cc2C(F)(F)F)cc(Cl)c1OC. The van der Waals surface area contributed by atoms with E-state index in [1.807, 2.05) is 0 Å². The molecule has 0 spiro atoms. The van der Waals surface area contributed by atoms with E-state index >= 15 is 0 Å². The molecule has 0 bridgehead atoms. The van der Waals surface area contributed by atoms with Crippen LogP contribution in [0.5, 0.6) is 11.5 Å². The minimum absolute atomic E-state index is 0.0295. The molecule has 34 heavy (non-hydrogen) atoms. The van der Waals surface area contributed by atoms with E-state index in [9.17, 15) is 27.2 Å². The van der Waals surface area contributed by atoms with Crippen LogP contribution in [0.2, 0.25) is 5.02 Å². The van der Waals surface area contributed by atoms with Gasteiger partial charge in [-0.3, -0.25) is 9.59 Å². The molecule has 0 aromatic heterocycles. The van der Waals surface area contributed by atoms with Crippen molar-refractivity contribution < 1.29 is 36.6 Å². The van der Waals surface area contributed by atoms with Gasteiger partial charge in [0, 0.05) is 16.8 Å². The van der Waals surface area contributed by atoms with Gasteiger partial charge in [-0.2, -0.15) is 13.2 Å². The van der Waals surface area contributed by atoms with E-state index in [-0.39, 0.29) is 33.3 Å². The predicted octanol–water partition coefficient (Wildman–Crippen LogP) is 6.02. The quantitative estimate of drug-likeness (QED) is 0.409. The zero-order valence-electron chi connectivity index (χ0n) is 17.7. The lowest BCUT2D eigenvalue weighted by Gasteiger charge is -2.17. The number of rotatable bonds is 6. The van der Waals surface area contributed by atoms with Crippen LogP contribution in [0, 0.1) is 5.82 Å². The van der Waals surface area contributed by atoms with Crippen molar-refractivity contribution in [2.75, 3.05) is 24.9 Å². The molecule has 0 fully saturated rings. The Bertz CT molecular complexity index is 1230. The van der Waals surface area contributed by atoms with Crippen LogP contribution in [0.3, 0.4) is 0 Å². The summed E-state index contributed by atoms with van der Waals surface area (Å²) in [6.07, 6.45) is -4.85. The number of alkyl halides is 3. The molecule has 2 N–H and O–H groups in total. The normalized spacial score (nSPS) is 11.0. The predicted molar refractivity (Wildman–Crippen MR) is 118 cm³/mol. The first-order chi connectivity index (χ1) is 16.0. The second-order valence-corrected chi connectivity index (χ2v) is 7.27. The summed E-state index contributed by atoms with van der Waals surface area (Å²) in [7, 11) is 2.66. The summed E-state index contributed by atoms with van der Waals surface area (Å²) in [4.78, 5) is 24.9. The number of hydrogen-bond acceptors (Lipinski definition) is 4. The van der Waals surface area contributed by atoms with Crippen molar-refractivity contribution in [3.63, 3.8) is 0 Å². The van der Waals surface area contributed by atoms with Crippen molar-refractivity contribution >= 4 is 34.8 Å². The standard InChI is InChI=1S/C23H17ClF4N2O4/c1-33-19-10-13(9-17(24)20(19)34-2)22(32)30-18-8-7-15(11-16(18)23(26,27)28)29-21(31)12-3-5-14(25)6-4-12/h3-11H,1-2H3,(H,29,31)(H,30,32). The number of carbonyl (C=O) groups excluding carboxylic acids is 2. The monoisotopic (exact) mass is 496 g/mol. The number of anilines is 2. The van der Waals surface area contributed by atoms with Crippen LogP contribution in [0.1, 0.15) is 26.3 Å². The molecule has 0 aliphatic heterocycles. The number of amides is 2. The molecule has 2 amide bonds. The summed E-state index contributed by atoms with van der Waals surface area (Å²) in [5, 5.41) is 4.54. The summed E-state index contributed by atoms with van der Waals surface area (Å²) in [6, 6.07) is 9.85. The highest BCUT2D eigenvalue weighted by Gasteiger charge is 2.34. The van der Waals surface area contributed by atoms with Gasteiger partial charge in [-0.1, -0.05) is 11.6 Å². The minimum Gasteiger partial charge on any atom is -0.493 e. The van der Waals surface area contributed by atoms with Crippen LogP contribution in [0.15, 0.2) is 54.6 Å². The smallest absolute Gasteiger partial charge is 0.418 e. The van der Waals surface area contributed by atoms with Gasteiger partial charge >= 0.3 is 6.18 Å². The van der Waals surface area contributed by atoms with Crippen molar-refractivity contribution in [3.05, 3.63) is 82.1 Å². The zero-order valence-corrected chi connectivity index (χ0v) is 18.5. The average molecular weight is 497 g/mol. The Labute approximate surface area is 196 Å². The first-order valence-electron chi connectivity index (χ1n) is 9.54. The van der Waals surface area contributed by atoms with Gasteiger partial charge in [0.25, 0.3) is 11.8 Å². The van der Waals surface area contributed by atoms with Gasteiger partial charge in [0.1, 0.15) is 5.82 Å². The van der Waals surface area contributed by atoms with E-state index in [1.54, 1.807) is 0 Å². The molecular weight excluding hydrogens is 480 g/mol. The van der Waals surface area contributed by atoms with E-state index in [1.165, 1.54) is 44.6 Å². The summed E-state index contributed by atoms with van der Waals surface area (Å²) >= 11 is 6.07. The molecule has 0 saturated heterocycles. The summed E-state index contributed by atoms with van der Waals surface area (Å²) in [5.74, 6) is -1.89. The Balaban J connectivity index is 1.89. The number of benzene rings is 3. The van der Waals surface area contributed by atoms with Gasteiger partial charge in [0.15, 0.2) is 11.5 Å². The van der Waals surface area contributed by atoms with Crippen LogP contribution >= 0.6 is 11.6 Å². The second-order valence-electron chi connectivity index (χ2n) is 6.87. The molecule has 178 valence electrons. The molecule has 3 aromatic carbocycles. The Morgan fingerprint density at radius 3 is 2.09 bits per heavy atom. The largest absolute Gasteiger partial charge is 0.493 e. The lowest BCUT2D eigenvalue weighted by molar-refractivity contribution is -0.136. The number of carbonyl (C=O) groups is 2. The summed E-state index contributed by atoms with van der Waals surface area (Å²) in [5.41, 5.74) is -1.91. The van der Waals surface area contributed by atoms with Gasteiger partial charge in [0.2, 0.25) is 0 Å². The zero-order chi connectivity index (χ0) is 25.0. The van der Waals surface area contributed by atoms with Crippen molar-refractivity contribution in [2.24, 2.45) is 0 Å². The highest BCUT2D eigenvalue weighted by Crippen LogP contribution is 2.38. The first kappa shape index (κ1) is 24.8. The number of nitrogens with one attached hydrogen (secondary N) is 2. The number of halogens is 5. The fourth-order valence-electron chi connectivity index (χ4n) is 3.01. The molecule has 0 saturated carbocycles. The van der Waals surface area contributed by atoms with Crippen LogP contribution in [0.4, 0.5) is 28.9 Å². The Morgan fingerprint density at radius 2 is 1.50 bits per heavy atom. The number of hydrogen-bond donors (Lipinski definition) is 2. The average Bonchev–Trinajstić information content (AvgIpc) is 2.79. The van der Waals surface area contributed by atoms with E-state index in [2.05, 4.69) is 10.6 Å². The third-order valence-electron chi connectivity index (χ3n) is 4.63. The molecule has 0 heterocycles. The van der Waals surface area contributed by atoms with Gasteiger partial charge in [-0.25, -0.2) is 4.39 Å². The fraction of sp³-hybridized carbons (Fsp3) is 0.130. The van der Waals surface area contributed by atoms with E-state index in [0.717, 1.165) is 18.2 Å². The summed E-state index contributed by atoms with van der Waals surface area (Å²) < 4.78 is 64.3. The van der Waals surface area contributed by atoms with Crippen LogP contribution in [-0.4, -0.2) is 26.0 Å². The van der Waals surface area contributed by atoms with Gasteiger partial charge in [-0.15, -0.1) is 0 Å². The topological polar surface area (TPSA) is 76.7 Å². The molecule has 0 unspecified atom stereocenters. The maximum absolute atomic E-state index is 13.7. The molecule has 3 rings (SSSR count). The highest BCUT2D eigenvalue weighted by atomic mass is 35.5. The third-order valence-corrected chi connectivity index (χ3v) is 4.91. The molecule has 0 radical (unpaired) electrons. The second kappa shape index (κ2) is 10.0. The Hall–Kier alpha value is -3.79. The molecule has 3 aromatic rings. The maximum atomic E-state index is 13.7. The van der Waals surface area contributed by atoms with Gasteiger partial charge in [0.05, 0.1) is 30.5 Å². The van der Waals surface area contributed by atoms with Gasteiger partial charge in [-0.05, 0) is 54.6 Å². The molecule has 0 aliphatic carbocycles. The number of methoxy groups -OCH3 is 2. The lowest BCUT2D eigenvalue weighted by Crippen LogP contribution is -2.18. The van der Waals surface area contributed by atoms with Crippen molar-refractivity contribution in [3.8, 4) is 11.5 Å². The van der Waals surface area contributed by atoms with Crippen LogP contribution in [-0.2, 0) is 6.18 Å². The van der Waals surface area contributed by atoms with Crippen LogP contribution in [0.25, 0.3) is 0 Å². The van der Waals surface area contributed by atoms with Crippen LogP contribution < -0.4 is 20.1 Å².